The summed E-state index contributed by atoms with van der Waals surface area (Å²) < 4.78 is 24.4. The van der Waals surface area contributed by atoms with Crippen molar-refractivity contribution < 1.29 is 23.6 Å². The fraction of sp³-hybridized carbons (Fsp3) is 0.0667. The minimum Gasteiger partial charge on any atom is -0.496 e. The maximum atomic E-state index is 13.7. The van der Waals surface area contributed by atoms with Crippen LogP contribution >= 0.6 is 27.5 Å². The number of halogens is 2. The van der Waals surface area contributed by atoms with E-state index in [1.165, 1.54) is 25.5 Å². The Balaban J connectivity index is 1.45. The van der Waals surface area contributed by atoms with Crippen LogP contribution in [0, 0.1) is 10.1 Å². The van der Waals surface area contributed by atoms with E-state index >= 15 is 0 Å². The van der Waals surface area contributed by atoms with Gasteiger partial charge >= 0.3 is 0 Å². The zero-order valence-corrected chi connectivity index (χ0v) is 25.2. The first-order valence-electron chi connectivity index (χ1n) is 12.8. The van der Waals surface area contributed by atoms with Gasteiger partial charge in [0.1, 0.15) is 22.6 Å². The molecule has 44 heavy (non-hydrogen) atoms. The molecule has 12 nitrogen and oxygen atoms in total. The molecule has 0 bridgehead atoms. The Morgan fingerprint density at radius 3 is 2.57 bits per heavy atom. The summed E-state index contributed by atoms with van der Waals surface area (Å²) in [6, 6.07) is 18.2. The molecule has 0 aliphatic carbocycles. The fourth-order valence-corrected chi connectivity index (χ4v) is 5.06. The molecule has 3 heterocycles. The third kappa shape index (κ3) is 5.23. The van der Waals surface area contributed by atoms with Crippen molar-refractivity contribution in [1.82, 2.24) is 14.6 Å². The van der Waals surface area contributed by atoms with E-state index in [9.17, 15) is 14.9 Å². The highest BCUT2D eigenvalue weighted by molar-refractivity contribution is 9.10. The van der Waals surface area contributed by atoms with Gasteiger partial charge in [-0.3, -0.25) is 14.9 Å². The maximum absolute atomic E-state index is 13.7. The van der Waals surface area contributed by atoms with Gasteiger partial charge in [-0.05, 0) is 52.3 Å². The standard InChI is InChI=1S/C30H19BrClN5O7/c1-41-21-8-5-9-22-19(21)13-24(43-22)29-35-20-7-4-3-6-18(20)30(38)36(29)34-14-16-12-23(42-2)28(27(32)26(16)31)44-25-11-10-17(15-33-25)37(39)40/h3-15H,1-2H3. The van der Waals surface area contributed by atoms with E-state index in [1.807, 2.05) is 0 Å². The van der Waals surface area contributed by atoms with Crippen LogP contribution in [0.25, 0.3) is 33.5 Å². The highest BCUT2D eigenvalue weighted by atomic mass is 79.9. The summed E-state index contributed by atoms with van der Waals surface area (Å²) in [5, 5.41) is 16.6. The molecule has 3 aromatic carbocycles. The Labute approximate surface area is 261 Å². The lowest BCUT2D eigenvalue weighted by Crippen LogP contribution is -2.20. The van der Waals surface area contributed by atoms with Crippen LogP contribution in [0.3, 0.4) is 0 Å². The number of hydrogen-bond acceptors (Lipinski definition) is 10. The molecule has 0 amide bonds. The van der Waals surface area contributed by atoms with Gasteiger partial charge in [0.05, 0.1) is 41.6 Å². The van der Waals surface area contributed by atoms with Gasteiger partial charge in [-0.1, -0.05) is 29.8 Å². The Morgan fingerprint density at radius 1 is 1.05 bits per heavy atom. The quantitative estimate of drug-likeness (QED) is 0.0927. The SMILES string of the molecule is COc1cc(C=Nn2c(-c3cc4c(OC)cccc4o3)nc3ccccc3c2=O)c(Br)c(Cl)c1Oc1ccc([N+](=O)[O-])cn1. The molecule has 14 heteroatoms. The molecule has 6 rings (SSSR count). The highest BCUT2D eigenvalue weighted by Gasteiger charge is 2.21. The lowest BCUT2D eigenvalue weighted by molar-refractivity contribution is -0.385. The van der Waals surface area contributed by atoms with Crippen molar-refractivity contribution in [2.75, 3.05) is 14.2 Å². The first-order chi connectivity index (χ1) is 21.3. The predicted molar refractivity (Wildman–Crippen MR) is 167 cm³/mol. The number of nitrogens with zero attached hydrogens (tertiary/aromatic N) is 5. The van der Waals surface area contributed by atoms with Crippen LogP contribution in [-0.2, 0) is 0 Å². The average molecular weight is 677 g/mol. The first-order valence-corrected chi connectivity index (χ1v) is 13.9. The van der Waals surface area contributed by atoms with Crippen LogP contribution < -0.4 is 19.8 Å². The summed E-state index contributed by atoms with van der Waals surface area (Å²) in [6.07, 6.45) is 2.48. The Kier molecular flexibility index (Phi) is 7.72. The number of furan rings is 1. The van der Waals surface area contributed by atoms with Gasteiger partial charge in [-0.15, -0.1) is 0 Å². The predicted octanol–water partition coefficient (Wildman–Crippen LogP) is 7.22. The van der Waals surface area contributed by atoms with Crippen molar-refractivity contribution in [2.24, 2.45) is 5.10 Å². The molecule has 0 radical (unpaired) electrons. The zero-order chi connectivity index (χ0) is 31.0. The molecule has 0 spiro atoms. The number of benzene rings is 3. The van der Waals surface area contributed by atoms with Crippen LogP contribution in [0.2, 0.25) is 5.02 Å². The summed E-state index contributed by atoms with van der Waals surface area (Å²) >= 11 is 10.1. The van der Waals surface area contributed by atoms with E-state index < -0.39 is 10.5 Å². The molecule has 0 atom stereocenters. The second-order valence-corrected chi connectivity index (χ2v) is 10.3. The molecule has 0 aliphatic heterocycles. The van der Waals surface area contributed by atoms with Gasteiger partial charge in [0.2, 0.25) is 11.7 Å². The largest absolute Gasteiger partial charge is 0.496 e. The summed E-state index contributed by atoms with van der Waals surface area (Å²) in [4.78, 5) is 32.7. The number of ether oxygens (including phenoxy) is 3. The van der Waals surface area contributed by atoms with Gasteiger partial charge in [-0.2, -0.15) is 9.78 Å². The number of aromatic nitrogens is 3. The van der Waals surface area contributed by atoms with Gasteiger partial charge < -0.3 is 18.6 Å². The third-order valence-corrected chi connectivity index (χ3v) is 7.99. The topological polar surface area (TPSA) is 144 Å². The number of nitro groups is 1. The summed E-state index contributed by atoms with van der Waals surface area (Å²) in [7, 11) is 2.98. The summed E-state index contributed by atoms with van der Waals surface area (Å²) in [5.41, 5.74) is 0.844. The summed E-state index contributed by atoms with van der Waals surface area (Å²) in [5.74, 6) is 1.46. The molecule has 0 saturated heterocycles. The molecular weight excluding hydrogens is 658 g/mol. The average Bonchev–Trinajstić information content (AvgIpc) is 3.48. The van der Waals surface area contributed by atoms with E-state index in [4.69, 9.17) is 35.2 Å². The minimum atomic E-state index is -0.568. The van der Waals surface area contributed by atoms with Crippen LogP contribution in [-0.4, -0.2) is 40.0 Å². The van der Waals surface area contributed by atoms with E-state index in [1.54, 1.807) is 61.7 Å². The normalized spacial score (nSPS) is 11.4. The first kappa shape index (κ1) is 28.8. The molecular formula is C30H19BrClN5O7. The van der Waals surface area contributed by atoms with Crippen molar-refractivity contribution in [3.8, 4) is 34.7 Å². The van der Waals surface area contributed by atoms with Crippen molar-refractivity contribution in [1.29, 1.82) is 0 Å². The van der Waals surface area contributed by atoms with Crippen LogP contribution in [0.1, 0.15) is 5.56 Å². The smallest absolute Gasteiger partial charge is 0.287 e. The van der Waals surface area contributed by atoms with Gasteiger partial charge in [-0.25, -0.2) is 9.97 Å². The van der Waals surface area contributed by atoms with Gasteiger partial charge in [0, 0.05) is 22.2 Å². The van der Waals surface area contributed by atoms with Crippen LogP contribution in [0.5, 0.6) is 23.1 Å². The Morgan fingerprint density at radius 2 is 1.84 bits per heavy atom. The maximum Gasteiger partial charge on any atom is 0.287 e. The monoisotopic (exact) mass is 675 g/mol. The lowest BCUT2D eigenvalue weighted by Gasteiger charge is -2.14. The highest BCUT2D eigenvalue weighted by Crippen LogP contribution is 2.44. The second-order valence-electron chi connectivity index (χ2n) is 9.14. The second kappa shape index (κ2) is 11.8. The van der Waals surface area contributed by atoms with Crippen molar-refractivity contribution in [2.45, 2.75) is 0 Å². The molecule has 0 aliphatic rings. The molecule has 0 fully saturated rings. The third-order valence-electron chi connectivity index (χ3n) is 6.54. The minimum absolute atomic E-state index is 0.0602. The van der Waals surface area contributed by atoms with E-state index in [0.29, 0.717) is 43.4 Å². The molecule has 6 aromatic rings. The van der Waals surface area contributed by atoms with Gasteiger partial charge in [0.15, 0.2) is 17.3 Å². The number of para-hydroxylation sites is 1. The molecule has 220 valence electrons. The van der Waals surface area contributed by atoms with Gasteiger partial charge in [0.25, 0.3) is 11.2 Å². The van der Waals surface area contributed by atoms with Crippen molar-refractivity contribution in [3.63, 3.8) is 0 Å². The number of hydrogen-bond donors (Lipinski definition) is 0. The van der Waals surface area contributed by atoms with E-state index in [0.717, 1.165) is 10.9 Å². The lowest BCUT2D eigenvalue weighted by atomic mass is 10.2. The number of methoxy groups -OCH3 is 2. The van der Waals surface area contributed by atoms with E-state index in [2.05, 4.69) is 26.0 Å². The van der Waals surface area contributed by atoms with Crippen molar-refractivity contribution >= 4 is 61.3 Å². The molecule has 0 unspecified atom stereocenters. The molecule has 0 saturated carbocycles. The summed E-state index contributed by atoms with van der Waals surface area (Å²) in [6.45, 7) is 0. The number of rotatable bonds is 8. The fourth-order valence-electron chi connectivity index (χ4n) is 4.42. The zero-order valence-electron chi connectivity index (χ0n) is 22.9. The Bertz CT molecular complexity index is 2160. The Hall–Kier alpha value is -5.27. The molecule has 3 aromatic heterocycles. The van der Waals surface area contributed by atoms with Crippen LogP contribution in [0.15, 0.2) is 91.7 Å². The van der Waals surface area contributed by atoms with Crippen molar-refractivity contribution in [3.05, 3.63) is 108 Å². The number of pyridine rings is 1. The molecule has 0 N–H and O–H groups in total. The number of fused-ring (bicyclic) bond motifs is 2. The van der Waals surface area contributed by atoms with Crippen LogP contribution in [0.4, 0.5) is 5.69 Å². The van der Waals surface area contributed by atoms with E-state index in [-0.39, 0.29) is 33.9 Å².